The van der Waals surface area contributed by atoms with Gasteiger partial charge in [0.1, 0.15) is 5.69 Å². The van der Waals surface area contributed by atoms with Crippen LogP contribution in [0, 0.1) is 13.8 Å². The maximum atomic E-state index is 12.7. The van der Waals surface area contributed by atoms with Gasteiger partial charge in [0.2, 0.25) is 10.0 Å². The first-order valence-electron chi connectivity index (χ1n) is 9.13. The molecule has 0 spiro atoms. The third kappa shape index (κ3) is 4.37. The molecule has 2 aromatic heterocycles. The van der Waals surface area contributed by atoms with Gasteiger partial charge in [0, 0.05) is 27.5 Å². The van der Waals surface area contributed by atoms with E-state index in [0.717, 1.165) is 33.8 Å². The van der Waals surface area contributed by atoms with E-state index < -0.39 is 10.0 Å². The Morgan fingerprint density at radius 2 is 1.83 bits per heavy atom. The smallest absolute Gasteiger partial charge is 0.273 e. The Morgan fingerprint density at radius 3 is 2.53 bits per heavy atom. The van der Waals surface area contributed by atoms with E-state index in [4.69, 9.17) is 0 Å². The van der Waals surface area contributed by atoms with Gasteiger partial charge in [-0.3, -0.25) is 14.8 Å². The minimum Gasteiger partial charge on any atom is -0.351 e. The Morgan fingerprint density at radius 1 is 1.10 bits per heavy atom. The highest BCUT2D eigenvalue weighted by Gasteiger charge is 2.14. The van der Waals surface area contributed by atoms with Gasteiger partial charge in [-0.1, -0.05) is 18.2 Å². The minimum atomic E-state index is -3.32. The Balaban J connectivity index is 1.50. The fourth-order valence-electron chi connectivity index (χ4n) is 3.27. The molecular weight excluding hydrogens is 420 g/mol. The molecule has 0 bridgehead atoms. The van der Waals surface area contributed by atoms with Crippen molar-refractivity contribution < 1.29 is 13.2 Å². The number of hydrogen-bond donors (Lipinski definition) is 3. The summed E-state index contributed by atoms with van der Waals surface area (Å²) in [4.78, 5) is 20.3. The van der Waals surface area contributed by atoms with E-state index in [1.54, 1.807) is 24.3 Å². The molecule has 0 fully saturated rings. The summed E-state index contributed by atoms with van der Waals surface area (Å²) in [5.74, 6) is -0.253. The third-order valence-corrected chi connectivity index (χ3v) is 5.91. The van der Waals surface area contributed by atoms with Crippen molar-refractivity contribution in [3.05, 3.63) is 64.7 Å². The number of aromatic amines is 1. The largest absolute Gasteiger partial charge is 0.351 e. The maximum Gasteiger partial charge on any atom is 0.273 e. The highest BCUT2D eigenvalue weighted by Crippen LogP contribution is 2.27. The van der Waals surface area contributed by atoms with Gasteiger partial charge in [0.05, 0.1) is 11.9 Å². The lowest BCUT2D eigenvalue weighted by atomic mass is 10.1. The van der Waals surface area contributed by atoms with Crippen LogP contribution in [0.5, 0.6) is 0 Å². The zero-order valence-corrected chi connectivity index (χ0v) is 18.2. The molecule has 0 aliphatic carbocycles. The predicted molar refractivity (Wildman–Crippen MR) is 122 cm³/mol. The molecule has 2 aromatic carbocycles. The van der Waals surface area contributed by atoms with Crippen LogP contribution in [0.4, 0.5) is 10.8 Å². The first-order chi connectivity index (χ1) is 14.2. The van der Waals surface area contributed by atoms with Crippen LogP contribution in [-0.2, 0) is 10.0 Å². The number of aryl methyl sites for hydroxylation is 2. The summed E-state index contributed by atoms with van der Waals surface area (Å²) < 4.78 is 25.0. The molecule has 0 radical (unpaired) electrons. The average molecular weight is 441 g/mol. The molecule has 1 amide bonds. The molecule has 30 heavy (non-hydrogen) atoms. The molecule has 7 nitrogen and oxygen atoms in total. The molecule has 0 aliphatic heterocycles. The van der Waals surface area contributed by atoms with E-state index in [0.29, 0.717) is 22.2 Å². The molecule has 0 atom stereocenters. The molecule has 154 valence electrons. The second kappa shape index (κ2) is 7.58. The second-order valence-corrected chi connectivity index (χ2v) is 9.78. The molecule has 4 rings (SSSR count). The quantitative estimate of drug-likeness (QED) is 0.424. The molecule has 2 heterocycles. The lowest BCUT2D eigenvalue weighted by Gasteiger charge is -2.04. The molecule has 9 heteroatoms. The maximum absolute atomic E-state index is 12.7. The van der Waals surface area contributed by atoms with Gasteiger partial charge in [0.15, 0.2) is 5.13 Å². The molecule has 0 unspecified atom stereocenters. The van der Waals surface area contributed by atoms with Gasteiger partial charge < -0.3 is 4.98 Å². The number of nitrogens with one attached hydrogen (secondary N) is 3. The number of fused-ring (bicyclic) bond motifs is 1. The van der Waals surface area contributed by atoms with Crippen molar-refractivity contribution in [2.24, 2.45) is 0 Å². The Labute approximate surface area is 178 Å². The van der Waals surface area contributed by atoms with Crippen LogP contribution >= 0.6 is 11.3 Å². The molecule has 4 aromatic rings. The van der Waals surface area contributed by atoms with Crippen LogP contribution in [0.3, 0.4) is 0 Å². The fraction of sp³-hybridized carbons (Fsp3) is 0.143. The molecule has 0 saturated heterocycles. The topological polar surface area (TPSA) is 104 Å². The zero-order chi connectivity index (χ0) is 21.5. The summed E-state index contributed by atoms with van der Waals surface area (Å²) in [6.07, 6.45) is 1.10. The number of H-pyrrole nitrogens is 1. The summed E-state index contributed by atoms with van der Waals surface area (Å²) >= 11 is 1.33. The number of nitrogens with zero attached hydrogens (tertiary/aromatic N) is 1. The van der Waals surface area contributed by atoms with Crippen molar-refractivity contribution in [3.8, 4) is 11.3 Å². The van der Waals surface area contributed by atoms with Crippen molar-refractivity contribution >= 4 is 49.0 Å². The fourth-order valence-corrected chi connectivity index (χ4v) is 4.55. The average Bonchev–Trinajstić information content (AvgIpc) is 3.28. The van der Waals surface area contributed by atoms with E-state index in [1.807, 2.05) is 31.4 Å². The first kappa shape index (κ1) is 20.1. The van der Waals surface area contributed by atoms with Crippen molar-refractivity contribution in [2.75, 3.05) is 16.3 Å². The van der Waals surface area contributed by atoms with E-state index >= 15 is 0 Å². The summed E-state index contributed by atoms with van der Waals surface area (Å²) in [5.41, 5.74) is 5.66. The minimum absolute atomic E-state index is 0.253. The van der Waals surface area contributed by atoms with Gasteiger partial charge in [-0.05, 0) is 49.2 Å². The van der Waals surface area contributed by atoms with Crippen LogP contribution in [0.15, 0.2) is 47.8 Å². The van der Waals surface area contributed by atoms with Crippen molar-refractivity contribution in [1.29, 1.82) is 0 Å². The Kier molecular flexibility index (Phi) is 5.08. The van der Waals surface area contributed by atoms with Gasteiger partial charge in [-0.15, -0.1) is 11.3 Å². The molecule has 0 aliphatic rings. The predicted octanol–water partition coefficient (Wildman–Crippen LogP) is 4.53. The number of anilines is 2. The van der Waals surface area contributed by atoms with Crippen LogP contribution in [0.1, 0.15) is 21.6 Å². The Bertz CT molecular complexity index is 1350. The van der Waals surface area contributed by atoms with Gasteiger partial charge in [-0.25, -0.2) is 13.4 Å². The third-order valence-electron chi connectivity index (χ3n) is 4.54. The van der Waals surface area contributed by atoms with E-state index in [1.165, 1.54) is 11.3 Å². The van der Waals surface area contributed by atoms with Gasteiger partial charge in [0.25, 0.3) is 5.91 Å². The van der Waals surface area contributed by atoms with Crippen LogP contribution in [-0.4, -0.2) is 30.5 Å². The number of sulfonamides is 1. The lowest BCUT2D eigenvalue weighted by molar-refractivity contribution is 0.102. The van der Waals surface area contributed by atoms with E-state index in [9.17, 15) is 13.2 Å². The first-order valence-corrected chi connectivity index (χ1v) is 11.9. The SMILES string of the molecule is Cc1cc(C)c2cc(C(=O)Nc3nc(-c4ccc(NS(C)(=O)=O)cc4)cs3)[nH]c2c1. The zero-order valence-electron chi connectivity index (χ0n) is 16.6. The standard InChI is InChI=1S/C21H20N4O3S2/c1-12-8-13(2)16-10-18(22-17(16)9-12)20(26)24-21-23-19(11-29-21)14-4-6-15(7-5-14)25-30(3,27)28/h4-11,22,25H,1-3H3,(H,23,24,26). The summed E-state index contributed by atoms with van der Waals surface area (Å²) in [5, 5.41) is 6.18. The van der Waals surface area contributed by atoms with Gasteiger partial charge in [-0.2, -0.15) is 0 Å². The normalized spacial score (nSPS) is 11.6. The lowest BCUT2D eigenvalue weighted by Crippen LogP contribution is -2.11. The Hall–Kier alpha value is -3.17. The number of carbonyl (C=O) groups is 1. The summed E-state index contributed by atoms with van der Waals surface area (Å²) in [6, 6.07) is 12.8. The van der Waals surface area contributed by atoms with E-state index in [2.05, 4.69) is 26.1 Å². The van der Waals surface area contributed by atoms with Crippen LogP contribution < -0.4 is 10.0 Å². The number of amides is 1. The molecule has 3 N–H and O–H groups in total. The molecular formula is C21H20N4O3S2. The van der Waals surface area contributed by atoms with Crippen molar-refractivity contribution in [1.82, 2.24) is 9.97 Å². The highest BCUT2D eigenvalue weighted by atomic mass is 32.2. The number of thiazole rings is 1. The number of aromatic nitrogens is 2. The number of benzene rings is 2. The van der Waals surface area contributed by atoms with E-state index in [-0.39, 0.29) is 5.91 Å². The van der Waals surface area contributed by atoms with Crippen LogP contribution in [0.25, 0.3) is 22.2 Å². The second-order valence-electron chi connectivity index (χ2n) is 7.17. The van der Waals surface area contributed by atoms with Gasteiger partial charge >= 0.3 is 0 Å². The molecule has 0 saturated carbocycles. The van der Waals surface area contributed by atoms with Crippen LogP contribution in [0.2, 0.25) is 0 Å². The van der Waals surface area contributed by atoms with Crippen molar-refractivity contribution in [3.63, 3.8) is 0 Å². The summed E-state index contributed by atoms with van der Waals surface area (Å²) in [6.45, 7) is 4.04. The monoisotopic (exact) mass is 440 g/mol. The number of carbonyl (C=O) groups excluding carboxylic acids is 1. The number of rotatable bonds is 5. The highest BCUT2D eigenvalue weighted by molar-refractivity contribution is 7.92. The van der Waals surface area contributed by atoms with Crippen molar-refractivity contribution in [2.45, 2.75) is 13.8 Å². The number of hydrogen-bond acceptors (Lipinski definition) is 5. The summed E-state index contributed by atoms with van der Waals surface area (Å²) in [7, 11) is -3.32.